The molecule has 4 heteroatoms. The van der Waals surface area contributed by atoms with Gasteiger partial charge in [0.1, 0.15) is 6.10 Å². The second-order valence-electron chi connectivity index (χ2n) is 6.60. The van der Waals surface area contributed by atoms with Crippen LogP contribution in [0.3, 0.4) is 0 Å². The van der Waals surface area contributed by atoms with Crippen molar-refractivity contribution in [1.82, 2.24) is 9.55 Å². The third-order valence-electron chi connectivity index (χ3n) is 4.40. The standard InChI is InChI=1S/C21H24N2O2/c1-4-16-8-9-17-6-5-7-18(19(17)12-16)20(25-21(24)15(2)3)13-23-11-10-22-14-23/h5-12,14-15,20H,4,13H2,1-3H3. The van der Waals surface area contributed by atoms with Crippen LogP contribution in [0.25, 0.3) is 10.8 Å². The number of ether oxygens (including phenoxy) is 1. The van der Waals surface area contributed by atoms with E-state index in [1.54, 1.807) is 12.5 Å². The highest BCUT2D eigenvalue weighted by Gasteiger charge is 2.21. The van der Waals surface area contributed by atoms with Crippen molar-refractivity contribution < 1.29 is 9.53 Å². The summed E-state index contributed by atoms with van der Waals surface area (Å²) in [6.07, 6.45) is 6.00. The number of hydrogen-bond acceptors (Lipinski definition) is 3. The first-order valence-corrected chi connectivity index (χ1v) is 8.76. The molecule has 130 valence electrons. The third-order valence-corrected chi connectivity index (χ3v) is 4.40. The van der Waals surface area contributed by atoms with E-state index >= 15 is 0 Å². The number of esters is 1. The molecule has 0 amide bonds. The first-order chi connectivity index (χ1) is 12.1. The Morgan fingerprint density at radius 2 is 2.08 bits per heavy atom. The van der Waals surface area contributed by atoms with Gasteiger partial charge in [-0.3, -0.25) is 4.79 Å². The fraction of sp³-hybridized carbons (Fsp3) is 0.333. The molecule has 0 saturated carbocycles. The molecule has 0 aliphatic rings. The normalized spacial score (nSPS) is 12.5. The molecule has 1 heterocycles. The average molecular weight is 336 g/mol. The van der Waals surface area contributed by atoms with Gasteiger partial charge >= 0.3 is 5.97 Å². The molecule has 3 aromatic rings. The highest BCUT2D eigenvalue weighted by molar-refractivity contribution is 5.87. The number of aromatic nitrogens is 2. The number of rotatable bonds is 6. The highest BCUT2D eigenvalue weighted by Crippen LogP contribution is 2.29. The molecule has 1 unspecified atom stereocenters. The monoisotopic (exact) mass is 336 g/mol. The Labute approximate surface area is 148 Å². The number of carbonyl (C=O) groups is 1. The maximum atomic E-state index is 12.3. The van der Waals surface area contributed by atoms with Crippen molar-refractivity contribution in [2.24, 2.45) is 5.92 Å². The van der Waals surface area contributed by atoms with Crippen molar-refractivity contribution >= 4 is 16.7 Å². The molecular weight excluding hydrogens is 312 g/mol. The molecule has 0 saturated heterocycles. The van der Waals surface area contributed by atoms with Crippen molar-refractivity contribution in [3.05, 3.63) is 66.2 Å². The first kappa shape index (κ1) is 17.2. The van der Waals surface area contributed by atoms with E-state index in [1.807, 2.05) is 30.7 Å². The minimum Gasteiger partial charge on any atom is -0.455 e. The van der Waals surface area contributed by atoms with E-state index in [1.165, 1.54) is 5.56 Å². The number of fused-ring (bicyclic) bond motifs is 1. The van der Waals surface area contributed by atoms with Crippen molar-refractivity contribution in [2.75, 3.05) is 0 Å². The van der Waals surface area contributed by atoms with E-state index in [0.29, 0.717) is 6.54 Å². The molecule has 25 heavy (non-hydrogen) atoms. The van der Waals surface area contributed by atoms with E-state index in [9.17, 15) is 4.79 Å². The molecule has 2 aromatic carbocycles. The van der Waals surface area contributed by atoms with E-state index in [2.05, 4.69) is 42.2 Å². The van der Waals surface area contributed by atoms with Crippen LogP contribution >= 0.6 is 0 Å². The molecular formula is C21H24N2O2. The zero-order valence-electron chi connectivity index (χ0n) is 15.0. The summed E-state index contributed by atoms with van der Waals surface area (Å²) in [5, 5.41) is 2.30. The van der Waals surface area contributed by atoms with Gasteiger partial charge in [0.25, 0.3) is 0 Å². The Morgan fingerprint density at radius 1 is 1.24 bits per heavy atom. The van der Waals surface area contributed by atoms with Gasteiger partial charge in [-0.25, -0.2) is 4.98 Å². The molecule has 1 atom stereocenters. The number of aryl methyl sites for hydroxylation is 1. The second kappa shape index (κ2) is 7.51. The average Bonchev–Trinajstić information content (AvgIpc) is 3.13. The molecule has 4 nitrogen and oxygen atoms in total. The lowest BCUT2D eigenvalue weighted by Crippen LogP contribution is -2.20. The SMILES string of the molecule is CCc1ccc2cccc(C(Cn3ccnc3)OC(=O)C(C)C)c2c1. The van der Waals surface area contributed by atoms with Crippen LogP contribution in [0.5, 0.6) is 0 Å². The molecule has 0 aliphatic heterocycles. The fourth-order valence-corrected chi connectivity index (χ4v) is 2.91. The Bertz CT molecular complexity index is 853. The van der Waals surface area contributed by atoms with E-state index in [-0.39, 0.29) is 18.0 Å². The summed E-state index contributed by atoms with van der Waals surface area (Å²) in [6, 6.07) is 12.7. The minimum atomic E-state index is -0.347. The summed E-state index contributed by atoms with van der Waals surface area (Å²) in [5.41, 5.74) is 2.31. The van der Waals surface area contributed by atoms with Gasteiger partial charge in [-0.2, -0.15) is 0 Å². The van der Waals surface area contributed by atoms with Crippen LogP contribution in [0.1, 0.15) is 38.0 Å². The largest absolute Gasteiger partial charge is 0.455 e. The van der Waals surface area contributed by atoms with Gasteiger partial charge in [0.15, 0.2) is 0 Å². The quantitative estimate of drug-likeness (QED) is 0.621. The molecule has 1 aromatic heterocycles. The minimum absolute atomic E-state index is 0.161. The summed E-state index contributed by atoms with van der Waals surface area (Å²) in [4.78, 5) is 16.4. The second-order valence-corrected chi connectivity index (χ2v) is 6.60. The fourth-order valence-electron chi connectivity index (χ4n) is 2.91. The van der Waals surface area contributed by atoms with Crippen molar-refractivity contribution in [3.8, 4) is 0 Å². The number of benzene rings is 2. The molecule has 0 aliphatic carbocycles. The predicted octanol–water partition coefficient (Wildman–Crippen LogP) is 4.54. The Kier molecular flexibility index (Phi) is 5.17. The Balaban J connectivity index is 2.04. The smallest absolute Gasteiger partial charge is 0.309 e. The lowest BCUT2D eigenvalue weighted by atomic mass is 9.97. The van der Waals surface area contributed by atoms with Crippen molar-refractivity contribution in [3.63, 3.8) is 0 Å². The van der Waals surface area contributed by atoms with Crippen LogP contribution in [0, 0.1) is 5.92 Å². The van der Waals surface area contributed by atoms with Crippen molar-refractivity contribution in [2.45, 2.75) is 39.8 Å². The third kappa shape index (κ3) is 3.90. The van der Waals surface area contributed by atoms with Crippen LogP contribution in [-0.4, -0.2) is 15.5 Å². The highest BCUT2D eigenvalue weighted by atomic mass is 16.5. The molecule has 0 N–H and O–H groups in total. The van der Waals surface area contributed by atoms with Crippen LogP contribution in [0.2, 0.25) is 0 Å². The lowest BCUT2D eigenvalue weighted by molar-refractivity contribution is -0.154. The Morgan fingerprint density at radius 3 is 2.76 bits per heavy atom. The summed E-state index contributed by atoms with van der Waals surface area (Å²) in [5.74, 6) is -0.347. The number of imidazole rings is 1. The van der Waals surface area contributed by atoms with Gasteiger partial charge in [0.05, 0.1) is 18.8 Å². The molecule has 0 fully saturated rings. The van der Waals surface area contributed by atoms with E-state index in [4.69, 9.17) is 4.74 Å². The number of nitrogens with zero attached hydrogens (tertiary/aromatic N) is 2. The van der Waals surface area contributed by atoms with Gasteiger partial charge < -0.3 is 9.30 Å². The molecule has 0 radical (unpaired) electrons. The molecule has 3 rings (SSSR count). The van der Waals surface area contributed by atoms with Crippen LogP contribution in [0.15, 0.2) is 55.1 Å². The van der Waals surface area contributed by atoms with Crippen LogP contribution < -0.4 is 0 Å². The summed E-state index contributed by atoms with van der Waals surface area (Å²) >= 11 is 0. The van der Waals surface area contributed by atoms with Gasteiger partial charge in [-0.1, -0.05) is 57.2 Å². The predicted molar refractivity (Wildman–Crippen MR) is 99.2 cm³/mol. The van der Waals surface area contributed by atoms with E-state index in [0.717, 1.165) is 22.8 Å². The molecule has 0 bridgehead atoms. The zero-order chi connectivity index (χ0) is 17.8. The van der Waals surface area contributed by atoms with E-state index < -0.39 is 0 Å². The maximum absolute atomic E-state index is 12.3. The number of carbonyl (C=O) groups excluding carboxylic acids is 1. The summed E-state index contributed by atoms with van der Waals surface area (Å²) in [6.45, 7) is 6.41. The van der Waals surface area contributed by atoms with Crippen molar-refractivity contribution in [1.29, 1.82) is 0 Å². The van der Waals surface area contributed by atoms with Gasteiger partial charge in [0.2, 0.25) is 0 Å². The summed E-state index contributed by atoms with van der Waals surface area (Å²) < 4.78 is 7.81. The maximum Gasteiger partial charge on any atom is 0.309 e. The first-order valence-electron chi connectivity index (χ1n) is 8.76. The van der Waals surface area contributed by atoms with Gasteiger partial charge in [-0.15, -0.1) is 0 Å². The van der Waals surface area contributed by atoms with Crippen LogP contribution in [-0.2, 0) is 22.5 Å². The molecule has 0 spiro atoms. The summed E-state index contributed by atoms with van der Waals surface area (Å²) in [7, 11) is 0. The topological polar surface area (TPSA) is 44.1 Å². The zero-order valence-corrected chi connectivity index (χ0v) is 15.0. The van der Waals surface area contributed by atoms with Gasteiger partial charge in [-0.05, 0) is 22.8 Å². The lowest BCUT2D eigenvalue weighted by Gasteiger charge is -2.22. The van der Waals surface area contributed by atoms with Gasteiger partial charge in [0, 0.05) is 18.0 Å². The van der Waals surface area contributed by atoms with Crippen LogP contribution in [0.4, 0.5) is 0 Å². The Hall–Kier alpha value is -2.62. The number of hydrogen-bond donors (Lipinski definition) is 0.